The molecule has 2 aromatic rings. The summed E-state index contributed by atoms with van der Waals surface area (Å²) in [7, 11) is 0. The van der Waals surface area contributed by atoms with Crippen LogP contribution in [0.2, 0.25) is 5.02 Å². The Hall–Kier alpha value is -1.66. The summed E-state index contributed by atoms with van der Waals surface area (Å²) in [6.45, 7) is 3.40. The molecule has 1 fully saturated rings. The number of carbonyl (C=O) groups is 1. The van der Waals surface area contributed by atoms with Gasteiger partial charge in [0, 0.05) is 36.4 Å². The molecule has 0 spiro atoms. The number of nitrogen functional groups attached to an aromatic ring is 1. The maximum atomic E-state index is 12.3. The Balaban J connectivity index is 0.00000196. The van der Waals surface area contributed by atoms with Crippen LogP contribution < -0.4 is 15.8 Å². The van der Waals surface area contributed by atoms with Crippen LogP contribution in [0.15, 0.2) is 48.5 Å². The number of hydrogen-bond donors (Lipinski definition) is 2. The number of amides is 1. The number of anilines is 1. The predicted octanol–water partition coefficient (Wildman–Crippen LogP) is 4.04. The average Bonchev–Trinajstić information content (AvgIpc) is 2.65. The van der Waals surface area contributed by atoms with Crippen molar-refractivity contribution in [2.75, 3.05) is 32.0 Å². The smallest absolute Gasteiger partial charge is 0.253 e. The fourth-order valence-corrected chi connectivity index (χ4v) is 3.22. The van der Waals surface area contributed by atoms with Crippen molar-refractivity contribution < 1.29 is 9.53 Å². The third-order valence-corrected chi connectivity index (χ3v) is 4.87. The van der Waals surface area contributed by atoms with E-state index in [0.717, 1.165) is 38.2 Å². The van der Waals surface area contributed by atoms with Crippen molar-refractivity contribution in [3.8, 4) is 5.75 Å². The Morgan fingerprint density at radius 1 is 1.11 bits per heavy atom. The number of ether oxygens (including phenoxy) is 1. The number of benzene rings is 2. The molecule has 0 bridgehead atoms. The second-order valence-electron chi connectivity index (χ2n) is 6.48. The maximum Gasteiger partial charge on any atom is 0.253 e. The number of carbonyl (C=O) groups excluding carboxylic acids is 1. The van der Waals surface area contributed by atoms with Gasteiger partial charge in [-0.2, -0.15) is 0 Å². The topological polar surface area (TPSA) is 67.6 Å². The van der Waals surface area contributed by atoms with Crippen molar-refractivity contribution in [3.05, 3.63) is 59.1 Å². The summed E-state index contributed by atoms with van der Waals surface area (Å²) in [4.78, 5) is 14.7. The van der Waals surface area contributed by atoms with Crippen LogP contribution in [0.1, 0.15) is 23.2 Å². The van der Waals surface area contributed by atoms with Crippen molar-refractivity contribution >= 4 is 48.0 Å². The van der Waals surface area contributed by atoms with Crippen molar-refractivity contribution in [1.82, 2.24) is 10.2 Å². The van der Waals surface area contributed by atoms with Crippen LogP contribution in [0.25, 0.3) is 0 Å². The van der Waals surface area contributed by atoms with E-state index in [1.54, 1.807) is 12.1 Å². The minimum absolute atomic E-state index is 0. The van der Waals surface area contributed by atoms with E-state index in [-0.39, 0.29) is 36.8 Å². The van der Waals surface area contributed by atoms with Gasteiger partial charge in [-0.1, -0.05) is 23.7 Å². The zero-order chi connectivity index (χ0) is 18.4. The number of nitrogens with zero attached hydrogens (tertiary/aromatic N) is 1. The number of nitrogens with one attached hydrogen (secondary N) is 1. The predicted molar refractivity (Wildman–Crippen MR) is 119 cm³/mol. The van der Waals surface area contributed by atoms with Gasteiger partial charge in [0.05, 0.1) is 5.56 Å². The van der Waals surface area contributed by atoms with Gasteiger partial charge in [-0.05, 0) is 49.2 Å². The van der Waals surface area contributed by atoms with Crippen LogP contribution >= 0.6 is 36.4 Å². The lowest BCUT2D eigenvalue weighted by molar-refractivity contribution is 0.0906. The number of halogens is 3. The van der Waals surface area contributed by atoms with Crippen LogP contribution in [0.3, 0.4) is 0 Å². The van der Waals surface area contributed by atoms with E-state index >= 15 is 0 Å². The molecule has 2 aromatic carbocycles. The van der Waals surface area contributed by atoms with Crippen LogP contribution in [0.4, 0.5) is 5.69 Å². The van der Waals surface area contributed by atoms with E-state index in [9.17, 15) is 4.79 Å². The molecule has 3 N–H and O–H groups in total. The molecule has 0 aromatic heterocycles. The maximum absolute atomic E-state index is 12.3. The molecule has 0 atom stereocenters. The summed E-state index contributed by atoms with van der Waals surface area (Å²) < 4.78 is 5.74. The molecule has 154 valence electrons. The molecule has 8 heteroatoms. The van der Waals surface area contributed by atoms with Gasteiger partial charge in [-0.25, -0.2) is 0 Å². The summed E-state index contributed by atoms with van der Waals surface area (Å²) in [5, 5.41) is 3.80. The highest BCUT2D eigenvalue weighted by atomic mass is 35.5. The molecule has 1 heterocycles. The molecule has 1 saturated heterocycles. The normalized spacial score (nSPS) is 14.5. The Morgan fingerprint density at radius 3 is 2.39 bits per heavy atom. The lowest BCUT2D eigenvalue weighted by Crippen LogP contribution is -2.45. The minimum Gasteiger partial charge on any atom is -0.492 e. The number of hydrogen-bond acceptors (Lipinski definition) is 4. The second-order valence-corrected chi connectivity index (χ2v) is 6.92. The molecule has 0 radical (unpaired) electrons. The van der Waals surface area contributed by atoms with E-state index in [0.29, 0.717) is 22.9 Å². The molecule has 28 heavy (non-hydrogen) atoms. The minimum atomic E-state index is -0.0902. The van der Waals surface area contributed by atoms with Crippen molar-refractivity contribution in [3.63, 3.8) is 0 Å². The summed E-state index contributed by atoms with van der Waals surface area (Å²) in [5.74, 6) is 0.740. The van der Waals surface area contributed by atoms with Crippen LogP contribution in [0, 0.1) is 0 Å². The zero-order valence-electron chi connectivity index (χ0n) is 15.5. The first-order valence-corrected chi connectivity index (χ1v) is 9.26. The fraction of sp³-hybridized carbons (Fsp3) is 0.350. The number of piperidine rings is 1. The molecule has 5 nitrogen and oxygen atoms in total. The first-order chi connectivity index (χ1) is 12.6. The van der Waals surface area contributed by atoms with E-state index in [2.05, 4.69) is 10.2 Å². The third-order valence-electron chi connectivity index (χ3n) is 4.62. The summed E-state index contributed by atoms with van der Waals surface area (Å²) >= 11 is 5.86. The van der Waals surface area contributed by atoms with E-state index < -0.39 is 0 Å². The van der Waals surface area contributed by atoms with Crippen LogP contribution in [-0.2, 0) is 0 Å². The van der Waals surface area contributed by atoms with Gasteiger partial charge >= 0.3 is 0 Å². The summed E-state index contributed by atoms with van der Waals surface area (Å²) in [6.07, 6.45) is 1.86. The van der Waals surface area contributed by atoms with E-state index in [4.69, 9.17) is 22.1 Å². The van der Waals surface area contributed by atoms with Gasteiger partial charge in [-0.15, -0.1) is 24.8 Å². The molecule has 0 saturated carbocycles. The Labute approximate surface area is 183 Å². The highest BCUT2D eigenvalue weighted by Gasteiger charge is 2.21. The Bertz CT molecular complexity index is 736. The number of rotatable bonds is 6. The highest BCUT2D eigenvalue weighted by Crippen LogP contribution is 2.16. The van der Waals surface area contributed by atoms with Crippen molar-refractivity contribution in [2.24, 2.45) is 0 Å². The number of para-hydroxylation sites is 1. The molecule has 1 aliphatic rings. The van der Waals surface area contributed by atoms with Gasteiger partial charge in [0.25, 0.3) is 5.91 Å². The van der Waals surface area contributed by atoms with Gasteiger partial charge in [0.2, 0.25) is 0 Å². The lowest BCUT2D eigenvalue weighted by Gasteiger charge is -2.32. The molecule has 1 aliphatic heterocycles. The SMILES string of the molecule is Cl.Cl.Nc1ccccc1C(=O)NC1CCN(CCOc2ccc(Cl)cc2)CC1. The molecule has 0 aliphatic carbocycles. The van der Waals surface area contributed by atoms with Crippen molar-refractivity contribution in [2.45, 2.75) is 18.9 Å². The van der Waals surface area contributed by atoms with Gasteiger partial charge in [-0.3, -0.25) is 9.69 Å². The van der Waals surface area contributed by atoms with Gasteiger partial charge < -0.3 is 15.8 Å². The monoisotopic (exact) mass is 445 g/mol. The molecular weight excluding hydrogens is 421 g/mol. The third kappa shape index (κ3) is 7.06. The first kappa shape index (κ1) is 24.4. The molecule has 1 amide bonds. The largest absolute Gasteiger partial charge is 0.492 e. The molecule has 3 rings (SSSR count). The van der Waals surface area contributed by atoms with E-state index in [1.807, 2.05) is 36.4 Å². The molecule has 0 unspecified atom stereocenters. The number of nitrogens with two attached hydrogens (primary N) is 1. The fourth-order valence-electron chi connectivity index (χ4n) is 3.09. The summed E-state index contributed by atoms with van der Waals surface area (Å²) in [5.41, 5.74) is 6.93. The highest BCUT2D eigenvalue weighted by molar-refractivity contribution is 6.30. The lowest BCUT2D eigenvalue weighted by atomic mass is 10.0. The number of likely N-dealkylation sites (tertiary alicyclic amines) is 1. The van der Waals surface area contributed by atoms with Crippen molar-refractivity contribution in [1.29, 1.82) is 0 Å². The Kier molecular flexibility index (Phi) is 10.5. The summed E-state index contributed by atoms with van der Waals surface area (Å²) in [6, 6.07) is 14.8. The standard InChI is InChI=1S/C20H24ClN3O2.2ClH/c21-15-5-7-17(8-6-15)26-14-13-24-11-9-16(10-12-24)23-20(25)18-3-1-2-4-19(18)22;;/h1-8,16H,9-14,22H2,(H,23,25);2*1H. The zero-order valence-corrected chi connectivity index (χ0v) is 17.9. The van der Waals surface area contributed by atoms with E-state index in [1.165, 1.54) is 0 Å². The quantitative estimate of drug-likeness (QED) is 0.657. The first-order valence-electron chi connectivity index (χ1n) is 8.88. The second kappa shape index (κ2) is 12.0. The van der Waals surface area contributed by atoms with Gasteiger partial charge in [0.15, 0.2) is 0 Å². The average molecular weight is 447 g/mol. The van der Waals surface area contributed by atoms with Crippen LogP contribution in [0.5, 0.6) is 5.75 Å². The Morgan fingerprint density at radius 2 is 1.75 bits per heavy atom. The van der Waals surface area contributed by atoms with Gasteiger partial charge in [0.1, 0.15) is 12.4 Å². The van der Waals surface area contributed by atoms with Crippen LogP contribution in [-0.4, -0.2) is 43.1 Å². The molecular formula is C20H26Cl3N3O2.